The Hall–Kier alpha value is -0.910. The summed E-state index contributed by atoms with van der Waals surface area (Å²) in [5.74, 6) is 1.04. The molecule has 0 aliphatic carbocycles. The minimum absolute atomic E-state index is 0.754. The second-order valence-electron chi connectivity index (χ2n) is 6.70. The third-order valence-electron chi connectivity index (χ3n) is 4.96. The molecule has 2 nitrogen and oxygen atoms in total. The summed E-state index contributed by atoms with van der Waals surface area (Å²) in [4.78, 5) is 6.11. The van der Waals surface area contributed by atoms with Crippen LogP contribution in [0.1, 0.15) is 6.42 Å². The van der Waals surface area contributed by atoms with Crippen LogP contribution in [0.4, 0.5) is 5.69 Å². The van der Waals surface area contributed by atoms with Crippen molar-refractivity contribution in [1.29, 1.82) is 0 Å². The van der Waals surface area contributed by atoms with Gasteiger partial charge in [0.25, 0.3) is 0 Å². The van der Waals surface area contributed by atoms with Crippen LogP contribution in [0.2, 0.25) is 10.0 Å². The van der Waals surface area contributed by atoms with E-state index < -0.39 is 0 Å². The first-order chi connectivity index (χ1) is 13.2. The number of nitrogens with zero attached hydrogens (tertiary/aromatic N) is 2. The summed E-state index contributed by atoms with van der Waals surface area (Å²) in [5, 5.41) is 5.05. The standard InChI is InChI=1S/C21H22Cl2N2S2/c22-17-5-2-6-18(23)21(17)26-14-3-9-24-10-12-25(13-11-24)19-7-1-4-16-8-15-27-20(16)19/h1-2,4-8,15H,3,9-14H2. The topological polar surface area (TPSA) is 6.48 Å². The van der Waals surface area contributed by atoms with Crippen molar-refractivity contribution in [3.63, 3.8) is 0 Å². The lowest BCUT2D eigenvalue weighted by Crippen LogP contribution is -2.46. The number of halogens is 2. The van der Waals surface area contributed by atoms with Crippen molar-refractivity contribution in [2.24, 2.45) is 0 Å². The van der Waals surface area contributed by atoms with Crippen molar-refractivity contribution in [1.82, 2.24) is 4.90 Å². The van der Waals surface area contributed by atoms with Gasteiger partial charge in [0.05, 0.1) is 20.4 Å². The molecule has 142 valence electrons. The Kier molecular flexibility index (Phi) is 6.51. The number of hydrogen-bond acceptors (Lipinski definition) is 4. The van der Waals surface area contributed by atoms with Crippen molar-refractivity contribution in [3.8, 4) is 0 Å². The Morgan fingerprint density at radius 3 is 2.44 bits per heavy atom. The van der Waals surface area contributed by atoms with Gasteiger partial charge in [-0.05, 0) is 53.8 Å². The molecule has 1 fully saturated rings. The third kappa shape index (κ3) is 4.57. The number of benzene rings is 2. The maximum atomic E-state index is 6.24. The summed E-state index contributed by atoms with van der Waals surface area (Å²) < 4.78 is 1.42. The van der Waals surface area contributed by atoms with E-state index in [1.807, 2.05) is 29.5 Å². The molecule has 0 unspecified atom stereocenters. The molecule has 3 aromatic rings. The highest BCUT2D eigenvalue weighted by Gasteiger charge is 2.18. The molecule has 0 spiro atoms. The molecule has 6 heteroatoms. The van der Waals surface area contributed by atoms with Crippen molar-refractivity contribution in [3.05, 3.63) is 57.9 Å². The number of thiophene rings is 1. The van der Waals surface area contributed by atoms with Gasteiger partial charge in [-0.25, -0.2) is 0 Å². The Balaban J connectivity index is 1.25. The number of anilines is 1. The van der Waals surface area contributed by atoms with Crippen LogP contribution in [-0.2, 0) is 0 Å². The first kappa shape index (κ1) is 19.4. The minimum Gasteiger partial charge on any atom is -0.368 e. The summed E-state index contributed by atoms with van der Waals surface area (Å²) in [5.41, 5.74) is 1.39. The molecule has 4 rings (SSSR count). The van der Waals surface area contributed by atoms with Gasteiger partial charge in [0, 0.05) is 31.1 Å². The average molecular weight is 437 g/mol. The molecule has 2 heterocycles. The van der Waals surface area contributed by atoms with Crippen LogP contribution in [0, 0.1) is 0 Å². The lowest BCUT2D eigenvalue weighted by molar-refractivity contribution is 0.259. The van der Waals surface area contributed by atoms with Gasteiger partial charge in [-0.15, -0.1) is 23.1 Å². The number of thioether (sulfide) groups is 1. The fourth-order valence-electron chi connectivity index (χ4n) is 3.52. The second-order valence-corrected chi connectivity index (χ2v) is 9.53. The van der Waals surface area contributed by atoms with E-state index >= 15 is 0 Å². The number of rotatable bonds is 6. The SMILES string of the molecule is Clc1cccc(Cl)c1SCCCN1CCN(c2cccc3ccsc23)CC1. The Morgan fingerprint density at radius 2 is 1.67 bits per heavy atom. The largest absolute Gasteiger partial charge is 0.368 e. The van der Waals surface area contributed by atoms with E-state index in [-0.39, 0.29) is 0 Å². The molecule has 0 radical (unpaired) electrons. The van der Waals surface area contributed by atoms with Gasteiger partial charge >= 0.3 is 0 Å². The summed E-state index contributed by atoms with van der Waals surface area (Å²) in [6.07, 6.45) is 1.15. The van der Waals surface area contributed by atoms with Gasteiger partial charge in [-0.1, -0.05) is 41.4 Å². The number of hydrogen-bond donors (Lipinski definition) is 0. The first-order valence-corrected chi connectivity index (χ1v) is 11.8. The zero-order valence-corrected chi connectivity index (χ0v) is 18.2. The lowest BCUT2D eigenvalue weighted by Gasteiger charge is -2.36. The molecule has 1 saturated heterocycles. The van der Waals surface area contributed by atoms with Gasteiger partial charge in [-0.3, -0.25) is 4.90 Å². The van der Waals surface area contributed by atoms with Gasteiger partial charge in [-0.2, -0.15) is 0 Å². The molecule has 0 bridgehead atoms. The van der Waals surface area contributed by atoms with Gasteiger partial charge < -0.3 is 4.90 Å². The van der Waals surface area contributed by atoms with Crippen LogP contribution in [0.3, 0.4) is 0 Å². The molecule has 0 atom stereocenters. The molecule has 0 saturated carbocycles. The molecule has 2 aromatic carbocycles. The van der Waals surface area contributed by atoms with Crippen LogP contribution >= 0.6 is 46.3 Å². The summed E-state index contributed by atoms with van der Waals surface area (Å²) in [6.45, 7) is 5.58. The van der Waals surface area contributed by atoms with E-state index in [1.165, 1.54) is 15.8 Å². The summed E-state index contributed by atoms with van der Waals surface area (Å²) in [6, 6.07) is 14.6. The van der Waals surface area contributed by atoms with E-state index in [0.717, 1.165) is 59.8 Å². The quantitative estimate of drug-likeness (QED) is 0.321. The van der Waals surface area contributed by atoms with E-state index in [2.05, 4.69) is 39.4 Å². The zero-order valence-electron chi connectivity index (χ0n) is 15.0. The van der Waals surface area contributed by atoms with Crippen molar-refractivity contribution < 1.29 is 0 Å². The fraction of sp³-hybridized carbons (Fsp3) is 0.333. The monoisotopic (exact) mass is 436 g/mol. The van der Waals surface area contributed by atoms with E-state index in [0.29, 0.717) is 0 Å². The van der Waals surface area contributed by atoms with Crippen molar-refractivity contribution >= 4 is 62.1 Å². The molecular formula is C21H22Cl2N2S2. The first-order valence-electron chi connectivity index (χ1n) is 9.23. The Labute approximate surface area is 179 Å². The highest BCUT2D eigenvalue weighted by Crippen LogP contribution is 2.34. The molecule has 0 N–H and O–H groups in total. The molecule has 1 aliphatic rings. The van der Waals surface area contributed by atoms with Crippen LogP contribution < -0.4 is 4.90 Å². The fourth-order valence-corrected chi connectivity index (χ4v) is 6.08. The van der Waals surface area contributed by atoms with Crippen LogP contribution in [-0.4, -0.2) is 43.4 Å². The van der Waals surface area contributed by atoms with E-state index in [4.69, 9.17) is 23.2 Å². The van der Waals surface area contributed by atoms with Gasteiger partial charge in [0.1, 0.15) is 0 Å². The zero-order chi connectivity index (χ0) is 18.6. The lowest BCUT2D eigenvalue weighted by atomic mass is 10.2. The van der Waals surface area contributed by atoms with E-state index in [9.17, 15) is 0 Å². The highest BCUT2D eigenvalue weighted by atomic mass is 35.5. The summed E-state index contributed by atoms with van der Waals surface area (Å²) >= 11 is 16.1. The Morgan fingerprint density at radius 1 is 0.926 bits per heavy atom. The smallest absolute Gasteiger partial charge is 0.0576 e. The normalized spacial score (nSPS) is 15.6. The predicted molar refractivity (Wildman–Crippen MR) is 122 cm³/mol. The molecule has 27 heavy (non-hydrogen) atoms. The molecule has 1 aliphatic heterocycles. The van der Waals surface area contributed by atoms with Crippen molar-refractivity contribution in [2.75, 3.05) is 43.4 Å². The van der Waals surface area contributed by atoms with Crippen LogP contribution in [0.5, 0.6) is 0 Å². The Bertz CT molecular complexity index is 884. The molecule has 0 amide bonds. The van der Waals surface area contributed by atoms with Crippen LogP contribution in [0.15, 0.2) is 52.7 Å². The number of fused-ring (bicyclic) bond motifs is 1. The third-order valence-corrected chi connectivity index (χ3v) is 7.98. The van der Waals surface area contributed by atoms with Gasteiger partial charge in [0.2, 0.25) is 0 Å². The predicted octanol–water partition coefficient (Wildman–Crippen LogP) is 6.51. The van der Waals surface area contributed by atoms with Gasteiger partial charge in [0.15, 0.2) is 0 Å². The molecular weight excluding hydrogens is 415 g/mol. The van der Waals surface area contributed by atoms with E-state index in [1.54, 1.807) is 11.8 Å². The van der Waals surface area contributed by atoms with Crippen molar-refractivity contribution in [2.45, 2.75) is 11.3 Å². The average Bonchev–Trinajstić information content (AvgIpc) is 3.16. The maximum absolute atomic E-state index is 6.24. The number of piperazine rings is 1. The minimum atomic E-state index is 0.754. The summed E-state index contributed by atoms with van der Waals surface area (Å²) in [7, 11) is 0. The van der Waals surface area contributed by atoms with Crippen LogP contribution in [0.25, 0.3) is 10.1 Å². The second kappa shape index (κ2) is 9.06. The molecule has 1 aromatic heterocycles. The maximum Gasteiger partial charge on any atom is 0.0576 e. The highest BCUT2D eigenvalue weighted by molar-refractivity contribution is 7.99.